The second kappa shape index (κ2) is 5.53. The van der Waals surface area contributed by atoms with Gasteiger partial charge in [-0.1, -0.05) is 6.07 Å². The van der Waals surface area contributed by atoms with Gasteiger partial charge in [0.1, 0.15) is 5.82 Å². The largest absolute Gasteiger partial charge is 0.369 e. The molecular weight excluding hydrogens is 387 g/mol. The number of rotatable bonds is 5. The number of halogens is 2. The van der Waals surface area contributed by atoms with Crippen LogP contribution in [-0.4, -0.2) is 26.6 Å². The highest BCUT2D eigenvalue weighted by atomic mass is 79.9. The summed E-state index contributed by atoms with van der Waals surface area (Å²) in [7, 11) is -3.33. The number of hydrogen-bond acceptors (Lipinski definition) is 3. The minimum atomic E-state index is -3.33. The first-order chi connectivity index (χ1) is 10.6. The van der Waals surface area contributed by atoms with E-state index in [1.54, 1.807) is 12.1 Å². The Bertz CT molecular complexity index is 770. The minimum absolute atomic E-state index is 0.0862. The zero-order valence-corrected chi connectivity index (χ0v) is 15.0. The Labute approximate surface area is 143 Å². The number of sulfonamides is 1. The van der Waals surface area contributed by atoms with Crippen LogP contribution in [0.15, 0.2) is 22.7 Å². The summed E-state index contributed by atoms with van der Waals surface area (Å²) in [4.78, 5) is 12.2. The molecule has 3 rings (SSSR count). The van der Waals surface area contributed by atoms with Gasteiger partial charge >= 0.3 is 0 Å². The summed E-state index contributed by atoms with van der Waals surface area (Å²) in [6, 6.07) is 4.37. The summed E-state index contributed by atoms with van der Waals surface area (Å²) < 4.78 is 39.3. The molecule has 2 fully saturated rings. The van der Waals surface area contributed by atoms with E-state index in [2.05, 4.69) is 20.7 Å². The Hall–Kier alpha value is -0.990. The van der Waals surface area contributed by atoms with E-state index < -0.39 is 21.3 Å². The van der Waals surface area contributed by atoms with Crippen molar-refractivity contribution < 1.29 is 17.6 Å². The fourth-order valence-corrected chi connectivity index (χ4v) is 5.22. The summed E-state index contributed by atoms with van der Waals surface area (Å²) in [5.74, 6) is -0.540. The van der Waals surface area contributed by atoms with Crippen LogP contribution in [0.3, 0.4) is 0 Å². The van der Waals surface area contributed by atoms with E-state index >= 15 is 0 Å². The van der Waals surface area contributed by atoms with E-state index in [1.165, 1.54) is 6.07 Å². The van der Waals surface area contributed by atoms with Crippen molar-refractivity contribution in [3.05, 3.63) is 34.1 Å². The van der Waals surface area contributed by atoms with Gasteiger partial charge < -0.3 is 5.73 Å². The molecule has 0 unspecified atom stereocenters. The molecule has 0 spiro atoms. The van der Waals surface area contributed by atoms with Gasteiger partial charge in [-0.15, -0.1) is 0 Å². The van der Waals surface area contributed by atoms with Crippen molar-refractivity contribution in [1.82, 2.24) is 4.72 Å². The molecule has 2 aliphatic carbocycles. The maximum absolute atomic E-state index is 13.4. The lowest BCUT2D eigenvalue weighted by Crippen LogP contribution is -2.43. The number of amides is 1. The van der Waals surface area contributed by atoms with Crippen LogP contribution >= 0.6 is 15.9 Å². The quantitative estimate of drug-likeness (QED) is 0.779. The Morgan fingerprint density at radius 3 is 2.78 bits per heavy atom. The lowest BCUT2D eigenvalue weighted by Gasteiger charge is -2.29. The summed E-state index contributed by atoms with van der Waals surface area (Å²) >= 11 is 3.14. The number of carbonyl (C=O) groups excluding carboxylic acids is 1. The van der Waals surface area contributed by atoms with Crippen LogP contribution in [0, 0.1) is 23.1 Å². The predicted octanol–water partition coefficient (Wildman–Crippen LogP) is 1.56. The fraction of sp³-hybridized carbons (Fsp3) is 0.533. The first kappa shape index (κ1) is 16.9. The van der Waals surface area contributed by atoms with Crippen LogP contribution in [0.5, 0.6) is 0 Å². The lowest BCUT2D eigenvalue weighted by molar-refractivity contribution is -0.128. The van der Waals surface area contributed by atoms with E-state index in [0.29, 0.717) is 17.3 Å². The van der Waals surface area contributed by atoms with Gasteiger partial charge in [-0.3, -0.25) is 4.79 Å². The second-order valence-electron chi connectivity index (χ2n) is 6.65. The number of carbonyl (C=O) groups is 1. The van der Waals surface area contributed by atoms with Crippen LogP contribution < -0.4 is 10.5 Å². The third-order valence-corrected chi connectivity index (χ3v) is 6.35. The molecular formula is C15H18BrFN2O3S. The number of hydrogen-bond donors (Lipinski definition) is 2. The third-order valence-electron chi connectivity index (χ3n) is 5.01. The Balaban J connectivity index is 1.87. The van der Waals surface area contributed by atoms with E-state index in [0.717, 1.165) is 18.2 Å². The predicted molar refractivity (Wildman–Crippen MR) is 87.4 cm³/mol. The molecule has 0 aliphatic heterocycles. The first-order valence-electron chi connectivity index (χ1n) is 7.33. The average Bonchev–Trinajstić information content (AvgIpc) is 3.15. The van der Waals surface area contributed by atoms with Crippen molar-refractivity contribution in [3.8, 4) is 0 Å². The molecule has 1 aromatic rings. The summed E-state index contributed by atoms with van der Waals surface area (Å²) in [6.45, 7) is 0. The van der Waals surface area contributed by atoms with Gasteiger partial charge in [-0.25, -0.2) is 17.5 Å². The van der Waals surface area contributed by atoms with Crippen molar-refractivity contribution >= 4 is 31.9 Å². The van der Waals surface area contributed by atoms with Crippen LogP contribution in [0.1, 0.15) is 18.4 Å². The minimum Gasteiger partial charge on any atom is -0.369 e. The summed E-state index contributed by atoms with van der Waals surface area (Å²) in [6.07, 6.45) is 2.69. The molecule has 126 valence electrons. The van der Waals surface area contributed by atoms with Crippen molar-refractivity contribution in [2.75, 3.05) is 6.26 Å². The monoisotopic (exact) mass is 404 g/mol. The number of primary amides is 1. The maximum Gasteiger partial charge on any atom is 0.224 e. The highest BCUT2D eigenvalue weighted by Crippen LogP contribution is 2.63. The van der Waals surface area contributed by atoms with Gasteiger partial charge in [-0.05, 0) is 64.7 Å². The molecule has 0 radical (unpaired) electrons. The van der Waals surface area contributed by atoms with Crippen LogP contribution in [-0.2, 0) is 21.2 Å². The van der Waals surface area contributed by atoms with Crippen molar-refractivity contribution in [2.24, 2.45) is 23.0 Å². The Morgan fingerprint density at radius 1 is 1.52 bits per heavy atom. The number of nitrogens with one attached hydrogen (secondary N) is 1. The molecule has 0 heterocycles. The molecule has 2 aliphatic rings. The normalized spacial score (nSPS) is 32.6. The van der Waals surface area contributed by atoms with Crippen LogP contribution in [0.4, 0.5) is 4.39 Å². The lowest BCUT2D eigenvalue weighted by atomic mass is 9.76. The number of nitrogens with two attached hydrogens (primary N) is 1. The average molecular weight is 405 g/mol. The van der Waals surface area contributed by atoms with Crippen LogP contribution in [0.25, 0.3) is 0 Å². The molecule has 8 heteroatoms. The van der Waals surface area contributed by atoms with Crippen molar-refractivity contribution in [2.45, 2.75) is 25.3 Å². The Morgan fingerprint density at radius 2 is 2.22 bits per heavy atom. The molecule has 5 nitrogen and oxygen atoms in total. The molecule has 4 atom stereocenters. The highest BCUT2D eigenvalue weighted by Gasteiger charge is 2.65. The standard InChI is InChI=1S/C15H18BrFN2O3S/c1-23(21,22)19-13-7-15(14(18)20,10-5-9(10)13)6-8-2-3-12(17)11(16)4-8/h2-4,9-10,13,19H,5-7H2,1H3,(H2,18,20)/t9-,10+,13-,15-/m1/s1. The fourth-order valence-electron chi connectivity index (χ4n) is 3.98. The van der Waals surface area contributed by atoms with Crippen molar-refractivity contribution in [3.63, 3.8) is 0 Å². The van der Waals surface area contributed by atoms with E-state index in [9.17, 15) is 17.6 Å². The zero-order chi connectivity index (χ0) is 17.0. The highest BCUT2D eigenvalue weighted by molar-refractivity contribution is 9.10. The molecule has 1 amide bonds. The summed E-state index contributed by atoms with van der Waals surface area (Å²) in [5, 5.41) is 0. The van der Waals surface area contributed by atoms with E-state index in [-0.39, 0.29) is 23.7 Å². The molecule has 0 saturated heterocycles. The molecule has 0 aromatic heterocycles. The Kier molecular flexibility index (Phi) is 4.05. The van der Waals surface area contributed by atoms with Gasteiger partial charge in [0, 0.05) is 6.04 Å². The van der Waals surface area contributed by atoms with E-state index in [1.807, 2.05) is 0 Å². The van der Waals surface area contributed by atoms with Gasteiger partial charge in [0.15, 0.2) is 0 Å². The van der Waals surface area contributed by atoms with Crippen LogP contribution in [0.2, 0.25) is 0 Å². The van der Waals surface area contributed by atoms with Gasteiger partial charge in [-0.2, -0.15) is 0 Å². The van der Waals surface area contributed by atoms with Crippen molar-refractivity contribution in [1.29, 1.82) is 0 Å². The maximum atomic E-state index is 13.4. The number of benzene rings is 1. The van der Waals surface area contributed by atoms with E-state index in [4.69, 9.17) is 5.73 Å². The topological polar surface area (TPSA) is 89.3 Å². The second-order valence-corrected chi connectivity index (χ2v) is 9.29. The van der Waals surface area contributed by atoms with Gasteiger partial charge in [0.25, 0.3) is 0 Å². The molecule has 2 saturated carbocycles. The first-order valence-corrected chi connectivity index (χ1v) is 10.0. The molecule has 3 N–H and O–H groups in total. The molecule has 23 heavy (non-hydrogen) atoms. The third kappa shape index (κ3) is 3.16. The zero-order valence-electron chi connectivity index (χ0n) is 12.6. The van der Waals surface area contributed by atoms with Gasteiger partial charge in [0.2, 0.25) is 15.9 Å². The van der Waals surface area contributed by atoms with Gasteiger partial charge in [0.05, 0.1) is 16.1 Å². The smallest absolute Gasteiger partial charge is 0.224 e. The number of fused-ring (bicyclic) bond motifs is 1. The molecule has 0 bridgehead atoms. The molecule has 1 aromatic carbocycles. The summed E-state index contributed by atoms with van der Waals surface area (Å²) in [5.41, 5.74) is 5.72. The SMILES string of the molecule is CS(=O)(=O)N[C@@H]1C[C@@](Cc2ccc(F)c(Br)c2)(C(N)=O)[C@H]2C[C@@H]12.